The Bertz CT molecular complexity index is 419. The second-order valence-electron chi connectivity index (χ2n) is 5.80. The quantitative estimate of drug-likeness (QED) is 0.805. The van der Waals surface area contributed by atoms with Gasteiger partial charge in [-0.15, -0.1) is 0 Å². The second kappa shape index (κ2) is 8.83. The SMILES string of the molecule is CCOc1ccc(C(=O)CNC2CCCCCCC2)cc1. The van der Waals surface area contributed by atoms with Crippen molar-refractivity contribution in [2.75, 3.05) is 13.2 Å². The van der Waals surface area contributed by atoms with Gasteiger partial charge in [0.1, 0.15) is 5.75 Å². The van der Waals surface area contributed by atoms with Crippen molar-refractivity contribution in [3.63, 3.8) is 0 Å². The van der Waals surface area contributed by atoms with Crippen molar-refractivity contribution in [3.05, 3.63) is 29.8 Å². The molecule has 1 N–H and O–H groups in total. The van der Waals surface area contributed by atoms with Crippen molar-refractivity contribution in [2.24, 2.45) is 0 Å². The van der Waals surface area contributed by atoms with Crippen LogP contribution in [-0.4, -0.2) is 25.0 Å². The first-order valence-corrected chi connectivity index (χ1v) is 8.29. The number of nitrogens with one attached hydrogen (secondary N) is 1. The Labute approximate surface area is 128 Å². The van der Waals surface area contributed by atoms with Gasteiger partial charge < -0.3 is 10.1 Å². The molecule has 0 aliphatic heterocycles. The van der Waals surface area contributed by atoms with Gasteiger partial charge in [-0.1, -0.05) is 32.1 Å². The number of rotatable bonds is 6. The molecule has 0 atom stereocenters. The van der Waals surface area contributed by atoms with Crippen molar-refractivity contribution in [2.45, 2.75) is 57.9 Å². The molecule has 1 aliphatic carbocycles. The van der Waals surface area contributed by atoms with E-state index in [9.17, 15) is 4.79 Å². The fourth-order valence-corrected chi connectivity index (χ4v) is 2.90. The smallest absolute Gasteiger partial charge is 0.176 e. The third-order valence-corrected chi connectivity index (χ3v) is 4.14. The minimum atomic E-state index is 0.167. The fraction of sp³-hybridized carbons (Fsp3) is 0.611. The molecule has 2 rings (SSSR count). The molecule has 0 spiro atoms. The van der Waals surface area contributed by atoms with Gasteiger partial charge in [0.05, 0.1) is 13.2 Å². The van der Waals surface area contributed by atoms with Crippen LogP contribution in [0.1, 0.15) is 62.2 Å². The summed E-state index contributed by atoms with van der Waals surface area (Å²) in [7, 11) is 0. The largest absolute Gasteiger partial charge is 0.494 e. The van der Waals surface area contributed by atoms with E-state index in [0.717, 1.165) is 11.3 Å². The third kappa shape index (κ3) is 5.50. The average Bonchev–Trinajstić information content (AvgIpc) is 2.47. The van der Waals surface area contributed by atoms with Crippen LogP contribution in [0.5, 0.6) is 5.75 Å². The monoisotopic (exact) mass is 289 g/mol. The molecule has 0 unspecified atom stereocenters. The molecule has 0 radical (unpaired) electrons. The van der Waals surface area contributed by atoms with E-state index in [1.807, 2.05) is 31.2 Å². The van der Waals surface area contributed by atoms with E-state index in [4.69, 9.17) is 4.74 Å². The summed E-state index contributed by atoms with van der Waals surface area (Å²) in [5, 5.41) is 3.45. The lowest BCUT2D eigenvalue weighted by Crippen LogP contribution is -2.34. The maximum atomic E-state index is 12.2. The Kier molecular flexibility index (Phi) is 6.74. The predicted molar refractivity (Wildman–Crippen MR) is 86.1 cm³/mol. The first-order chi connectivity index (χ1) is 10.3. The Balaban J connectivity index is 1.80. The van der Waals surface area contributed by atoms with Crippen molar-refractivity contribution in [3.8, 4) is 5.75 Å². The highest BCUT2D eigenvalue weighted by Crippen LogP contribution is 2.17. The molecular weight excluding hydrogens is 262 g/mol. The van der Waals surface area contributed by atoms with Crippen molar-refractivity contribution in [1.82, 2.24) is 5.32 Å². The van der Waals surface area contributed by atoms with Crippen LogP contribution in [0.15, 0.2) is 24.3 Å². The van der Waals surface area contributed by atoms with Gasteiger partial charge in [0.2, 0.25) is 0 Å². The van der Waals surface area contributed by atoms with E-state index in [1.165, 1.54) is 44.9 Å². The van der Waals surface area contributed by atoms with Gasteiger partial charge in [0.15, 0.2) is 5.78 Å². The summed E-state index contributed by atoms with van der Waals surface area (Å²) in [6.45, 7) is 3.05. The van der Waals surface area contributed by atoms with E-state index >= 15 is 0 Å². The number of hydrogen-bond donors (Lipinski definition) is 1. The molecule has 116 valence electrons. The Morgan fingerprint density at radius 2 is 1.71 bits per heavy atom. The summed E-state index contributed by atoms with van der Waals surface area (Å²) >= 11 is 0. The zero-order valence-corrected chi connectivity index (χ0v) is 13.1. The Hall–Kier alpha value is -1.35. The number of ether oxygens (including phenoxy) is 1. The molecule has 21 heavy (non-hydrogen) atoms. The minimum absolute atomic E-state index is 0.167. The van der Waals surface area contributed by atoms with Crippen LogP contribution in [0.25, 0.3) is 0 Å². The molecule has 1 aromatic rings. The lowest BCUT2D eigenvalue weighted by molar-refractivity contribution is 0.0985. The Morgan fingerprint density at radius 1 is 1.10 bits per heavy atom. The molecular formula is C18H27NO2. The minimum Gasteiger partial charge on any atom is -0.494 e. The number of carbonyl (C=O) groups excluding carboxylic acids is 1. The molecule has 0 aromatic heterocycles. The summed E-state index contributed by atoms with van der Waals surface area (Å²) in [5.41, 5.74) is 0.761. The molecule has 1 saturated carbocycles. The average molecular weight is 289 g/mol. The zero-order valence-electron chi connectivity index (χ0n) is 13.1. The standard InChI is InChI=1S/C18H27NO2/c1-2-21-17-12-10-15(11-13-17)18(20)14-19-16-8-6-4-3-5-7-9-16/h10-13,16,19H,2-9,14H2,1H3. The highest BCUT2D eigenvalue weighted by Gasteiger charge is 2.13. The summed E-state index contributed by atoms with van der Waals surface area (Å²) in [6, 6.07) is 7.95. The van der Waals surface area contributed by atoms with Gasteiger partial charge >= 0.3 is 0 Å². The van der Waals surface area contributed by atoms with Gasteiger partial charge in [-0.25, -0.2) is 0 Å². The summed E-state index contributed by atoms with van der Waals surface area (Å²) in [6.07, 6.45) is 9.03. The Morgan fingerprint density at radius 3 is 2.33 bits per heavy atom. The van der Waals surface area contributed by atoms with Gasteiger partial charge in [0, 0.05) is 11.6 Å². The van der Waals surface area contributed by atoms with Crippen molar-refractivity contribution >= 4 is 5.78 Å². The molecule has 0 heterocycles. The van der Waals surface area contributed by atoms with Gasteiger partial charge in [0.25, 0.3) is 0 Å². The van der Waals surface area contributed by atoms with Crippen LogP contribution in [0.4, 0.5) is 0 Å². The summed E-state index contributed by atoms with van der Waals surface area (Å²) < 4.78 is 5.39. The number of benzene rings is 1. The van der Waals surface area contributed by atoms with Crippen LogP contribution in [0, 0.1) is 0 Å². The highest BCUT2D eigenvalue weighted by molar-refractivity contribution is 5.97. The second-order valence-corrected chi connectivity index (χ2v) is 5.80. The molecule has 1 aromatic carbocycles. The van der Waals surface area contributed by atoms with Gasteiger partial charge in [-0.3, -0.25) is 4.79 Å². The lowest BCUT2D eigenvalue weighted by Gasteiger charge is -2.20. The van der Waals surface area contributed by atoms with Crippen molar-refractivity contribution in [1.29, 1.82) is 0 Å². The zero-order chi connectivity index (χ0) is 14.9. The van der Waals surface area contributed by atoms with Crippen LogP contribution in [0.3, 0.4) is 0 Å². The molecule has 3 nitrogen and oxygen atoms in total. The molecule has 0 saturated heterocycles. The van der Waals surface area contributed by atoms with E-state index in [-0.39, 0.29) is 5.78 Å². The molecule has 1 fully saturated rings. The molecule has 0 bridgehead atoms. The molecule has 3 heteroatoms. The van der Waals surface area contributed by atoms with E-state index < -0.39 is 0 Å². The highest BCUT2D eigenvalue weighted by atomic mass is 16.5. The van der Waals surface area contributed by atoms with E-state index in [2.05, 4.69) is 5.32 Å². The lowest BCUT2D eigenvalue weighted by atomic mass is 9.96. The number of Topliss-reactive ketones (excluding diaryl/α,β-unsaturated/α-hetero) is 1. The maximum Gasteiger partial charge on any atom is 0.176 e. The van der Waals surface area contributed by atoms with Crippen LogP contribution < -0.4 is 10.1 Å². The first kappa shape index (κ1) is 16.0. The fourth-order valence-electron chi connectivity index (χ4n) is 2.90. The summed E-state index contributed by atoms with van der Waals surface area (Å²) in [4.78, 5) is 12.2. The first-order valence-electron chi connectivity index (χ1n) is 8.29. The van der Waals surface area contributed by atoms with Gasteiger partial charge in [-0.05, 0) is 44.0 Å². The van der Waals surface area contributed by atoms with Crippen LogP contribution in [0.2, 0.25) is 0 Å². The third-order valence-electron chi connectivity index (χ3n) is 4.14. The molecule has 1 aliphatic rings. The topological polar surface area (TPSA) is 38.3 Å². The predicted octanol–water partition coefficient (Wildman–Crippen LogP) is 3.97. The van der Waals surface area contributed by atoms with Crippen LogP contribution >= 0.6 is 0 Å². The number of carbonyl (C=O) groups is 1. The maximum absolute atomic E-state index is 12.2. The number of ketones is 1. The van der Waals surface area contributed by atoms with Gasteiger partial charge in [-0.2, -0.15) is 0 Å². The summed E-state index contributed by atoms with van der Waals surface area (Å²) in [5.74, 6) is 0.988. The molecule has 0 amide bonds. The van der Waals surface area contributed by atoms with Crippen molar-refractivity contribution < 1.29 is 9.53 Å². The normalized spacial score (nSPS) is 17.0. The van der Waals surface area contributed by atoms with E-state index in [0.29, 0.717) is 19.2 Å². The van der Waals surface area contributed by atoms with Crippen LogP contribution in [-0.2, 0) is 0 Å². The number of hydrogen-bond acceptors (Lipinski definition) is 3. The van der Waals surface area contributed by atoms with E-state index in [1.54, 1.807) is 0 Å².